The lowest BCUT2D eigenvalue weighted by Crippen LogP contribution is -2.35. The molecule has 13 heteroatoms. The Kier molecular flexibility index (Phi) is 7.82. The van der Waals surface area contributed by atoms with E-state index in [0.29, 0.717) is 43.2 Å². The summed E-state index contributed by atoms with van der Waals surface area (Å²) in [6.45, 7) is 6.16. The van der Waals surface area contributed by atoms with Crippen molar-refractivity contribution in [3.8, 4) is 22.7 Å². The Morgan fingerprint density at radius 1 is 1.15 bits per heavy atom. The smallest absolute Gasteiger partial charge is 0.416 e. The van der Waals surface area contributed by atoms with Crippen molar-refractivity contribution in [2.45, 2.75) is 26.6 Å². The van der Waals surface area contributed by atoms with Gasteiger partial charge in [0.05, 0.1) is 49.7 Å². The summed E-state index contributed by atoms with van der Waals surface area (Å²) in [7, 11) is 3.21. The van der Waals surface area contributed by atoms with Crippen molar-refractivity contribution in [1.82, 2.24) is 29.7 Å². The average Bonchev–Trinajstić information content (AvgIpc) is 3.55. The molecule has 4 aromatic rings. The van der Waals surface area contributed by atoms with Gasteiger partial charge in [-0.05, 0) is 43.7 Å². The van der Waals surface area contributed by atoms with Gasteiger partial charge >= 0.3 is 6.18 Å². The molecule has 0 unspecified atom stereocenters. The predicted molar refractivity (Wildman–Crippen MR) is 145 cm³/mol. The first-order valence-electron chi connectivity index (χ1n) is 13.0. The fraction of sp³-hybridized carbons (Fsp3) is 0.357. The highest BCUT2D eigenvalue weighted by Gasteiger charge is 2.33. The third-order valence-electron chi connectivity index (χ3n) is 7.17. The first-order valence-corrected chi connectivity index (χ1v) is 13.0. The van der Waals surface area contributed by atoms with Gasteiger partial charge in [0.2, 0.25) is 0 Å². The molecule has 10 nitrogen and oxygen atoms in total. The fourth-order valence-electron chi connectivity index (χ4n) is 4.75. The van der Waals surface area contributed by atoms with Gasteiger partial charge in [-0.3, -0.25) is 14.4 Å². The van der Waals surface area contributed by atoms with Crippen LogP contribution in [0.25, 0.3) is 16.9 Å². The van der Waals surface area contributed by atoms with E-state index in [-0.39, 0.29) is 23.5 Å². The Labute approximate surface area is 234 Å². The minimum Gasteiger partial charge on any atom is -0.494 e. The highest BCUT2D eigenvalue weighted by Crippen LogP contribution is 2.39. The normalized spacial score (nSPS) is 14.3. The molecule has 2 aromatic carbocycles. The average molecular weight is 570 g/mol. The molecule has 1 aliphatic rings. The molecule has 0 radical (unpaired) electrons. The SMILES string of the molecule is COc1c(CN2CCOCC2)cc(C(F)(F)F)cc1NC(=O)c1ccc(C)c(-n2cc(-c3cnn(C)c3C)nn2)c1. The Bertz CT molecular complexity index is 1570. The molecule has 41 heavy (non-hydrogen) atoms. The van der Waals surface area contributed by atoms with Crippen LogP contribution in [0.4, 0.5) is 18.9 Å². The number of alkyl halides is 3. The monoisotopic (exact) mass is 569 g/mol. The quantitative estimate of drug-likeness (QED) is 0.352. The minimum absolute atomic E-state index is 0.0622. The molecule has 1 fully saturated rings. The number of aryl methyl sites for hydroxylation is 2. The molecular formula is C28H30F3N7O3. The van der Waals surface area contributed by atoms with E-state index >= 15 is 0 Å². The van der Waals surface area contributed by atoms with Crippen LogP contribution in [0.15, 0.2) is 42.7 Å². The second-order valence-electron chi connectivity index (χ2n) is 9.87. The van der Waals surface area contributed by atoms with Gasteiger partial charge in [0.25, 0.3) is 5.91 Å². The lowest BCUT2D eigenvalue weighted by molar-refractivity contribution is -0.137. The van der Waals surface area contributed by atoms with Gasteiger partial charge in [-0.1, -0.05) is 11.3 Å². The van der Waals surface area contributed by atoms with E-state index in [1.807, 2.05) is 25.8 Å². The summed E-state index contributed by atoms with van der Waals surface area (Å²) in [6.07, 6.45) is -1.17. The van der Waals surface area contributed by atoms with E-state index in [9.17, 15) is 18.0 Å². The largest absolute Gasteiger partial charge is 0.494 e. The van der Waals surface area contributed by atoms with Crippen molar-refractivity contribution in [2.24, 2.45) is 7.05 Å². The number of ether oxygens (including phenoxy) is 2. The molecule has 0 spiro atoms. The van der Waals surface area contributed by atoms with Crippen molar-refractivity contribution in [1.29, 1.82) is 0 Å². The van der Waals surface area contributed by atoms with Gasteiger partial charge in [-0.2, -0.15) is 18.3 Å². The number of nitrogens with zero attached hydrogens (tertiary/aromatic N) is 6. The highest BCUT2D eigenvalue weighted by atomic mass is 19.4. The molecule has 1 saturated heterocycles. The van der Waals surface area contributed by atoms with Crippen molar-refractivity contribution >= 4 is 11.6 Å². The Morgan fingerprint density at radius 3 is 2.56 bits per heavy atom. The summed E-state index contributed by atoms with van der Waals surface area (Å²) >= 11 is 0. The molecule has 1 aliphatic heterocycles. The second kappa shape index (κ2) is 11.3. The highest BCUT2D eigenvalue weighted by molar-refractivity contribution is 6.05. The van der Waals surface area contributed by atoms with Gasteiger partial charge < -0.3 is 14.8 Å². The van der Waals surface area contributed by atoms with Gasteiger partial charge in [-0.15, -0.1) is 5.10 Å². The van der Waals surface area contributed by atoms with E-state index in [4.69, 9.17) is 9.47 Å². The molecule has 2 aromatic heterocycles. The Balaban J connectivity index is 1.45. The number of halogens is 3. The van der Waals surface area contributed by atoms with Gasteiger partial charge in [0, 0.05) is 49.1 Å². The zero-order valence-electron chi connectivity index (χ0n) is 23.1. The number of rotatable bonds is 7. The molecule has 0 saturated carbocycles. The number of hydrogen-bond acceptors (Lipinski definition) is 7. The maximum absolute atomic E-state index is 13.9. The van der Waals surface area contributed by atoms with Crippen molar-refractivity contribution in [3.05, 3.63) is 70.7 Å². The van der Waals surface area contributed by atoms with Crippen molar-refractivity contribution in [2.75, 3.05) is 38.7 Å². The molecule has 0 bridgehead atoms. The van der Waals surface area contributed by atoms with Crippen LogP contribution in [0.2, 0.25) is 0 Å². The molecule has 1 N–H and O–H groups in total. The molecule has 0 atom stereocenters. The summed E-state index contributed by atoms with van der Waals surface area (Å²) in [5, 5.41) is 15.4. The van der Waals surface area contributed by atoms with Gasteiger partial charge in [0.1, 0.15) is 11.4 Å². The number of nitrogens with one attached hydrogen (secondary N) is 1. The van der Waals surface area contributed by atoms with Crippen molar-refractivity contribution < 1.29 is 27.4 Å². The number of hydrogen-bond donors (Lipinski definition) is 1. The molecule has 5 rings (SSSR count). The van der Waals surface area contributed by atoms with Crippen molar-refractivity contribution in [3.63, 3.8) is 0 Å². The molecular weight excluding hydrogens is 539 g/mol. The van der Waals surface area contributed by atoms with Crippen LogP contribution >= 0.6 is 0 Å². The van der Waals surface area contributed by atoms with E-state index in [2.05, 4.69) is 20.7 Å². The van der Waals surface area contributed by atoms with Crippen LogP contribution in [0.3, 0.4) is 0 Å². The zero-order chi connectivity index (χ0) is 29.3. The third-order valence-corrected chi connectivity index (χ3v) is 7.17. The predicted octanol–water partition coefficient (Wildman–Crippen LogP) is 4.40. The first kappa shape index (κ1) is 28.3. The molecule has 0 aliphatic carbocycles. The number of anilines is 1. The molecule has 1 amide bonds. The maximum atomic E-state index is 13.9. The third kappa shape index (κ3) is 5.95. The van der Waals surface area contributed by atoms with Crippen LogP contribution in [-0.2, 0) is 24.5 Å². The van der Waals surface area contributed by atoms with Crippen LogP contribution in [0, 0.1) is 13.8 Å². The van der Waals surface area contributed by atoms with Gasteiger partial charge in [0.15, 0.2) is 0 Å². The van der Waals surface area contributed by atoms with Gasteiger partial charge in [-0.25, -0.2) is 4.68 Å². The molecule has 3 heterocycles. The summed E-state index contributed by atoms with van der Waals surface area (Å²) in [4.78, 5) is 15.4. The Morgan fingerprint density at radius 2 is 1.90 bits per heavy atom. The van der Waals surface area contributed by atoms with Crippen LogP contribution in [0.5, 0.6) is 5.75 Å². The minimum atomic E-state index is -4.61. The van der Waals surface area contributed by atoms with Crippen LogP contribution < -0.4 is 10.1 Å². The van der Waals surface area contributed by atoms with E-state index in [1.54, 1.807) is 40.0 Å². The molecule has 216 valence electrons. The van der Waals surface area contributed by atoms with E-state index in [1.165, 1.54) is 7.11 Å². The summed E-state index contributed by atoms with van der Waals surface area (Å²) < 4.78 is 55.7. The number of benzene rings is 2. The zero-order valence-corrected chi connectivity index (χ0v) is 23.1. The number of amides is 1. The number of aromatic nitrogens is 5. The van der Waals surface area contributed by atoms with Crippen LogP contribution in [0.1, 0.15) is 32.7 Å². The first-order chi connectivity index (χ1) is 19.5. The number of morpholine rings is 1. The number of carbonyl (C=O) groups excluding carboxylic acids is 1. The van der Waals surface area contributed by atoms with E-state index < -0.39 is 17.6 Å². The topological polar surface area (TPSA) is 99.3 Å². The Hall–Kier alpha value is -4.23. The number of methoxy groups -OCH3 is 1. The van der Waals surface area contributed by atoms with Crippen LogP contribution in [-0.4, -0.2) is 69.0 Å². The summed E-state index contributed by atoms with van der Waals surface area (Å²) in [5.41, 5.74) is 3.41. The van der Waals surface area contributed by atoms with E-state index in [0.717, 1.165) is 29.0 Å². The second-order valence-corrected chi connectivity index (χ2v) is 9.87. The fourth-order valence-corrected chi connectivity index (χ4v) is 4.75. The lowest BCUT2D eigenvalue weighted by Gasteiger charge is -2.28. The lowest BCUT2D eigenvalue weighted by atomic mass is 10.0. The standard InChI is InChI=1S/C28H30F3N7O3/c1-17-5-6-19(12-25(17)38-16-24(34-35-38)22-14-32-36(3)18(22)2)27(39)33-23-13-21(28(29,30)31)11-20(26(23)40-4)15-37-7-9-41-10-8-37/h5-6,11-14,16H,7-10,15H2,1-4H3,(H,33,39). The summed E-state index contributed by atoms with van der Waals surface area (Å²) in [6, 6.07) is 6.93. The maximum Gasteiger partial charge on any atom is 0.416 e. The number of carbonyl (C=O) groups is 1. The summed E-state index contributed by atoms with van der Waals surface area (Å²) in [5.74, 6) is -0.414.